The van der Waals surface area contributed by atoms with Crippen molar-refractivity contribution < 1.29 is 19.1 Å². The van der Waals surface area contributed by atoms with E-state index in [9.17, 15) is 9.59 Å². The topological polar surface area (TPSA) is 77.5 Å². The maximum Gasteiger partial charge on any atom is 0.344 e. The number of hydrogen-bond acceptors (Lipinski definition) is 5. The molecule has 0 aliphatic heterocycles. The number of esters is 1. The van der Waals surface area contributed by atoms with Gasteiger partial charge in [-0.2, -0.15) is 0 Å². The zero-order valence-electron chi connectivity index (χ0n) is 13.5. The number of aromatic nitrogens is 1. The molecule has 0 atom stereocenters. The molecule has 1 aliphatic carbocycles. The van der Waals surface area contributed by atoms with Crippen LogP contribution in [0, 0.1) is 5.92 Å². The van der Waals surface area contributed by atoms with Crippen LogP contribution in [-0.2, 0) is 9.53 Å². The summed E-state index contributed by atoms with van der Waals surface area (Å²) in [6.45, 7) is 2.58. The standard InChI is InChI=1S/C17H24N2O4/c1-2-22-16-14(9-6-10-18-16)17(21)23-12-15(20)19-11-13-7-4-3-5-8-13/h6,9-10,13H,2-5,7-8,11-12H2,1H3,(H,19,20). The van der Waals surface area contributed by atoms with E-state index in [2.05, 4.69) is 10.3 Å². The van der Waals surface area contributed by atoms with Crippen molar-refractivity contribution in [3.63, 3.8) is 0 Å². The number of amides is 1. The van der Waals surface area contributed by atoms with Crippen molar-refractivity contribution in [2.45, 2.75) is 39.0 Å². The van der Waals surface area contributed by atoms with E-state index < -0.39 is 5.97 Å². The maximum atomic E-state index is 12.0. The molecule has 1 aromatic rings. The maximum absolute atomic E-state index is 12.0. The number of ether oxygens (including phenoxy) is 2. The Morgan fingerprint density at radius 1 is 1.30 bits per heavy atom. The fourth-order valence-corrected chi connectivity index (χ4v) is 2.71. The van der Waals surface area contributed by atoms with Gasteiger partial charge in [-0.15, -0.1) is 0 Å². The average Bonchev–Trinajstić information content (AvgIpc) is 2.59. The first-order valence-corrected chi connectivity index (χ1v) is 8.22. The van der Waals surface area contributed by atoms with Crippen LogP contribution in [0.3, 0.4) is 0 Å². The number of carbonyl (C=O) groups is 2. The molecule has 0 spiro atoms. The molecule has 6 heteroatoms. The lowest BCUT2D eigenvalue weighted by molar-refractivity contribution is -0.124. The summed E-state index contributed by atoms with van der Waals surface area (Å²) in [5.41, 5.74) is 0.231. The van der Waals surface area contributed by atoms with Gasteiger partial charge in [0.25, 0.3) is 5.91 Å². The first-order valence-electron chi connectivity index (χ1n) is 8.22. The van der Waals surface area contributed by atoms with Crippen LogP contribution < -0.4 is 10.1 Å². The van der Waals surface area contributed by atoms with Gasteiger partial charge >= 0.3 is 5.97 Å². The monoisotopic (exact) mass is 320 g/mol. The van der Waals surface area contributed by atoms with E-state index in [0.29, 0.717) is 19.1 Å². The van der Waals surface area contributed by atoms with Gasteiger partial charge < -0.3 is 14.8 Å². The van der Waals surface area contributed by atoms with E-state index in [1.807, 2.05) is 6.92 Å². The van der Waals surface area contributed by atoms with E-state index in [4.69, 9.17) is 9.47 Å². The molecule has 0 unspecified atom stereocenters. The molecule has 0 saturated heterocycles. The van der Waals surface area contributed by atoms with Gasteiger partial charge in [0.2, 0.25) is 5.88 Å². The SMILES string of the molecule is CCOc1ncccc1C(=O)OCC(=O)NCC1CCCCC1. The van der Waals surface area contributed by atoms with Gasteiger partial charge in [-0.1, -0.05) is 19.3 Å². The van der Waals surface area contributed by atoms with E-state index in [0.717, 1.165) is 12.8 Å². The Morgan fingerprint density at radius 2 is 2.09 bits per heavy atom. The Hall–Kier alpha value is -2.11. The van der Waals surface area contributed by atoms with Crippen LogP contribution in [0.1, 0.15) is 49.4 Å². The van der Waals surface area contributed by atoms with E-state index >= 15 is 0 Å². The number of hydrogen-bond donors (Lipinski definition) is 1. The van der Waals surface area contributed by atoms with E-state index in [1.165, 1.54) is 19.3 Å². The summed E-state index contributed by atoms with van der Waals surface area (Å²) in [4.78, 5) is 27.8. The van der Waals surface area contributed by atoms with Crippen LogP contribution in [-0.4, -0.2) is 36.6 Å². The Morgan fingerprint density at radius 3 is 2.83 bits per heavy atom. The summed E-state index contributed by atoms with van der Waals surface area (Å²) in [6, 6.07) is 3.20. The number of carbonyl (C=O) groups excluding carboxylic acids is 2. The van der Waals surface area contributed by atoms with Crippen LogP contribution in [0.5, 0.6) is 5.88 Å². The minimum absolute atomic E-state index is 0.225. The molecule has 23 heavy (non-hydrogen) atoms. The first kappa shape index (κ1) is 17.2. The summed E-state index contributed by atoms with van der Waals surface area (Å²) in [5.74, 6) is -0.103. The third kappa shape index (κ3) is 5.54. The number of rotatable bonds is 7. The second-order valence-electron chi connectivity index (χ2n) is 5.67. The molecule has 1 N–H and O–H groups in total. The number of nitrogens with one attached hydrogen (secondary N) is 1. The molecule has 0 bridgehead atoms. The van der Waals surface area contributed by atoms with Gasteiger partial charge in [0, 0.05) is 12.7 Å². The van der Waals surface area contributed by atoms with Gasteiger partial charge in [-0.3, -0.25) is 4.79 Å². The number of nitrogens with zero attached hydrogens (tertiary/aromatic N) is 1. The van der Waals surface area contributed by atoms with Crippen molar-refractivity contribution in [2.24, 2.45) is 5.92 Å². The summed E-state index contributed by atoms with van der Waals surface area (Å²) in [7, 11) is 0. The van der Waals surface area contributed by atoms with E-state index in [-0.39, 0.29) is 24.0 Å². The van der Waals surface area contributed by atoms with Gasteiger partial charge in [0.15, 0.2) is 6.61 Å². The molecular weight excluding hydrogens is 296 g/mol. The lowest BCUT2D eigenvalue weighted by Crippen LogP contribution is -2.33. The smallest absolute Gasteiger partial charge is 0.344 e. The van der Waals surface area contributed by atoms with Crippen LogP contribution in [0.2, 0.25) is 0 Å². The molecule has 1 heterocycles. The average molecular weight is 320 g/mol. The molecule has 0 radical (unpaired) electrons. The zero-order valence-corrected chi connectivity index (χ0v) is 13.5. The Balaban J connectivity index is 1.76. The normalized spacial score (nSPS) is 15.0. The van der Waals surface area contributed by atoms with Crippen LogP contribution in [0.15, 0.2) is 18.3 Å². The van der Waals surface area contributed by atoms with Crippen LogP contribution in [0.4, 0.5) is 0 Å². The summed E-state index contributed by atoms with van der Waals surface area (Å²) in [6.07, 6.45) is 7.61. The molecular formula is C17H24N2O4. The Labute approximate surface area is 136 Å². The Kier molecular flexibility index (Phi) is 6.84. The molecule has 1 amide bonds. The quantitative estimate of drug-likeness (QED) is 0.780. The van der Waals surface area contributed by atoms with Crippen LogP contribution >= 0.6 is 0 Å². The molecule has 2 rings (SSSR count). The minimum atomic E-state index is -0.602. The fraction of sp³-hybridized carbons (Fsp3) is 0.588. The van der Waals surface area contributed by atoms with Gasteiger partial charge in [0.05, 0.1) is 6.61 Å². The second-order valence-corrected chi connectivity index (χ2v) is 5.67. The highest BCUT2D eigenvalue weighted by atomic mass is 16.5. The predicted octanol–water partition coefficient (Wildman–Crippen LogP) is 2.33. The van der Waals surface area contributed by atoms with Crippen molar-refractivity contribution in [1.82, 2.24) is 10.3 Å². The zero-order chi connectivity index (χ0) is 16.5. The fourth-order valence-electron chi connectivity index (χ4n) is 2.71. The molecule has 6 nitrogen and oxygen atoms in total. The second kappa shape index (κ2) is 9.12. The minimum Gasteiger partial charge on any atom is -0.477 e. The van der Waals surface area contributed by atoms with Gasteiger partial charge in [-0.25, -0.2) is 9.78 Å². The summed E-state index contributed by atoms with van der Waals surface area (Å²) >= 11 is 0. The highest BCUT2D eigenvalue weighted by Gasteiger charge is 2.17. The summed E-state index contributed by atoms with van der Waals surface area (Å²) in [5, 5.41) is 2.84. The molecule has 1 aliphatic rings. The third-order valence-electron chi connectivity index (χ3n) is 3.92. The number of pyridine rings is 1. The predicted molar refractivity (Wildman–Crippen MR) is 85.3 cm³/mol. The molecule has 1 fully saturated rings. The van der Waals surface area contributed by atoms with Crippen molar-refractivity contribution >= 4 is 11.9 Å². The van der Waals surface area contributed by atoms with Gasteiger partial charge in [-0.05, 0) is 37.8 Å². The lowest BCUT2D eigenvalue weighted by atomic mass is 9.89. The molecule has 126 valence electrons. The van der Waals surface area contributed by atoms with Gasteiger partial charge in [0.1, 0.15) is 5.56 Å². The van der Waals surface area contributed by atoms with Crippen LogP contribution in [0.25, 0.3) is 0 Å². The van der Waals surface area contributed by atoms with E-state index in [1.54, 1.807) is 18.3 Å². The highest BCUT2D eigenvalue weighted by molar-refractivity contribution is 5.93. The molecule has 1 aromatic heterocycles. The summed E-state index contributed by atoms with van der Waals surface area (Å²) < 4.78 is 10.3. The van der Waals surface area contributed by atoms with Crippen molar-refractivity contribution in [3.8, 4) is 5.88 Å². The third-order valence-corrected chi connectivity index (χ3v) is 3.92. The molecule has 0 aromatic carbocycles. The van der Waals surface area contributed by atoms with Crippen molar-refractivity contribution in [2.75, 3.05) is 19.8 Å². The lowest BCUT2D eigenvalue weighted by Gasteiger charge is -2.21. The van der Waals surface area contributed by atoms with Crippen molar-refractivity contribution in [3.05, 3.63) is 23.9 Å². The molecule has 1 saturated carbocycles. The largest absolute Gasteiger partial charge is 0.477 e. The van der Waals surface area contributed by atoms with Crippen molar-refractivity contribution in [1.29, 1.82) is 0 Å². The highest BCUT2D eigenvalue weighted by Crippen LogP contribution is 2.22. The first-order chi connectivity index (χ1) is 11.2. The Bertz CT molecular complexity index is 527.